The van der Waals surface area contributed by atoms with Crippen LogP contribution in [-0.4, -0.2) is 37.8 Å². The van der Waals surface area contributed by atoms with Gasteiger partial charge in [-0.05, 0) is 47.4 Å². The lowest BCUT2D eigenvalue weighted by atomic mass is 9.71. The van der Waals surface area contributed by atoms with E-state index in [2.05, 4.69) is 5.16 Å². The van der Waals surface area contributed by atoms with Gasteiger partial charge >= 0.3 is 0 Å². The number of imide groups is 1. The molecule has 0 spiro atoms. The third-order valence-electron chi connectivity index (χ3n) is 8.37. The fraction of sp³-hybridized carbons (Fsp3) is 0.321. The number of rotatable bonds is 4. The van der Waals surface area contributed by atoms with Gasteiger partial charge < -0.3 is 14.3 Å². The maximum atomic E-state index is 13.7. The van der Waals surface area contributed by atoms with Crippen LogP contribution in [0, 0.1) is 29.6 Å². The van der Waals surface area contributed by atoms with Gasteiger partial charge in [-0.2, -0.15) is 0 Å². The highest BCUT2D eigenvalue weighted by atomic mass is 16.6. The zero-order valence-electron chi connectivity index (χ0n) is 19.4. The predicted octanol–water partition coefficient (Wildman–Crippen LogP) is 4.03. The van der Waals surface area contributed by atoms with E-state index in [1.165, 1.54) is 4.90 Å². The van der Waals surface area contributed by atoms with Gasteiger partial charge in [0.25, 0.3) is 0 Å². The Bertz CT molecular complexity index is 1430. The van der Waals surface area contributed by atoms with Crippen molar-refractivity contribution in [3.05, 3.63) is 66.2 Å². The van der Waals surface area contributed by atoms with Crippen LogP contribution in [0.2, 0.25) is 0 Å². The van der Waals surface area contributed by atoms with Crippen molar-refractivity contribution in [1.29, 1.82) is 0 Å². The quantitative estimate of drug-likeness (QED) is 0.541. The summed E-state index contributed by atoms with van der Waals surface area (Å²) in [4.78, 5) is 34.7. The number of fused-ring (bicyclic) bond motifs is 9. The third kappa shape index (κ3) is 2.69. The lowest BCUT2D eigenvalue weighted by Crippen LogP contribution is -2.41. The highest BCUT2D eigenvalue weighted by Gasteiger charge is 2.70. The molecule has 176 valence electrons. The molecule has 0 N–H and O–H groups in total. The van der Waals surface area contributed by atoms with Crippen molar-refractivity contribution >= 4 is 34.0 Å². The van der Waals surface area contributed by atoms with Gasteiger partial charge in [0, 0.05) is 23.5 Å². The van der Waals surface area contributed by atoms with E-state index >= 15 is 0 Å². The average Bonchev–Trinajstić information content (AvgIpc) is 3.63. The smallest absolute Gasteiger partial charge is 0.238 e. The van der Waals surface area contributed by atoms with Crippen LogP contribution in [0.25, 0.3) is 10.8 Å². The van der Waals surface area contributed by atoms with E-state index in [0.717, 1.165) is 28.5 Å². The second-order valence-corrected chi connectivity index (χ2v) is 9.80. The minimum absolute atomic E-state index is 0.00460. The molecule has 4 aliphatic rings. The van der Waals surface area contributed by atoms with Crippen LogP contribution in [0.4, 0.5) is 5.69 Å². The molecule has 0 unspecified atom stereocenters. The van der Waals surface area contributed by atoms with Crippen molar-refractivity contribution in [2.45, 2.75) is 12.5 Å². The molecule has 6 atom stereocenters. The monoisotopic (exact) mass is 468 g/mol. The van der Waals surface area contributed by atoms with Crippen LogP contribution in [-0.2, 0) is 14.4 Å². The van der Waals surface area contributed by atoms with E-state index in [9.17, 15) is 9.59 Å². The third-order valence-corrected chi connectivity index (χ3v) is 8.37. The molecule has 2 amide bonds. The Balaban J connectivity index is 1.24. The second-order valence-electron chi connectivity index (χ2n) is 9.80. The van der Waals surface area contributed by atoms with Gasteiger partial charge in [-0.25, -0.2) is 0 Å². The SMILES string of the molecule is COc1ccc(C2=NO[C@@H]3[C@H]4C[C@H]([C@H]5C(=O)N(c6ccc7ccccc7c6)C(=O)[C@@H]45)[C@H]23)c(OC)c1. The van der Waals surface area contributed by atoms with Gasteiger partial charge in [-0.3, -0.25) is 14.5 Å². The molecule has 3 aromatic rings. The van der Waals surface area contributed by atoms with E-state index in [1.807, 2.05) is 60.7 Å². The fourth-order valence-corrected chi connectivity index (χ4v) is 6.93. The molecule has 7 heteroatoms. The standard InChI is InChI=1S/C28H24N2O5/c1-33-17-9-10-18(21(12-17)34-2)25-24-19-13-20(26(24)35-29-25)23-22(19)27(31)30(28(23)32)16-8-7-14-5-3-4-6-15(14)11-16/h3-12,19-20,22-24,26H,13H2,1-2H3/t19-,20+,22-,23+,24-,26-/m1/s1. The number of carbonyl (C=O) groups excluding carboxylic acids is 2. The number of anilines is 1. The first-order chi connectivity index (χ1) is 17.1. The van der Waals surface area contributed by atoms with Gasteiger partial charge in [0.15, 0.2) is 0 Å². The summed E-state index contributed by atoms with van der Waals surface area (Å²) in [6.07, 6.45) is 0.599. The summed E-state index contributed by atoms with van der Waals surface area (Å²) in [6, 6.07) is 19.3. The van der Waals surface area contributed by atoms with Crippen molar-refractivity contribution in [3.8, 4) is 11.5 Å². The molecular weight excluding hydrogens is 444 g/mol. The number of ether oxygens (including phenoxy) is 2. The Hall–Kier alpha value is -3.87. The zero-order chi connectivity index (χ0) is 23.8. The molecule has 7 rings (SSSR count). The average molecular weight is 469 g/mol. The van der Waals surface area contributed by atoms with Gasteiger partial charge in [-0.15, -0.1) is 0 Å². The van der Waals surface area contributed by atoms with E-state index in [-0.39, 0.29) is 47.5 Å². The normalized spacial score (nSPS) is 30.3. The molecule has 2 heterocycles. The number of amides is 2. The van der Waals surface area contributed by atoms with Crippen LogP contribution >= 0.6 is 0 Å². The van der Waals surface area contributed by atoms with E-state index < -0.39 is 0 Å². The first-order valence-corrected chi connectivity index (χ1v) is 11.9. The summed E-state index contributed by atoms with van der Waals surface area (Å²) in [7, 11) is 3.23. The van der Waals surface area contributed by atoms with Gasteiger partial charge in [-0.1, -0.05) is 35.5 Å². The van der Waals surface area contributed by atoms with E-state index in [0.29, 0.717) is 17.2 Å². The summed E-state index contributed by atoms with van der Waals surface area (Å²) in [6.45, 7) is 0. The van der Waals surface area contributed by atoms with Crippen LogP contribution in [0.3, 0.4) is 0 Å². The molecule has 3 fully saturated rings. The molecule has 3 aromatic carbocycles. The lowest BCUT2D eigenvalue weighted by Gasteiger charge is -2.30. The van der Waals surface area contributed by atoms with E-state index in [4.69, 9.17) is 14.3 Å². The van der Waals surface area contributed by atoms with Crippen molar-refractivity contribution in [3.63, 3.8) is 0 Å². The Labute approximate surface area is 202 Å². The Kier molecular flexibility index (Phi) is 4.28. The van der Waals surface area contributed by atoms with Gasteiger partial charge in [0.2, 0.25) is 11.8 Å². The predicted molar refractivity (Wildman–Crippen MR) is 129 cm³/mol. The van der Waals surface area contributed by atoms with Gasteiger partial charge in [0.05, 0.1) is 37.5 Å². The van der Waals surface area contributed by atoms with Crippen molar-refractivity contribution in [2.75, 3.05) is 19.1 Å². The highest BCUT2D eigenvalue weighted by molar-refractivity contribution is 6.23. The number of benzene rings is 3. The Morgan fingerprint density at radius 3 is 2.40 bits per heavy atom. The summed E-state index contributed by atoms with van der Waals surface area (Å²) in [5.41, 5.74) is 2.28. The summed E-state index contributed by atoms with van der Waals surface area (Å²) < 4.78 is 11.0. The van der Waals surface area contributed by atoms with Crippen molar-refractivity contribution in [1.82, 2.24) is 0 Å². The molecule has 2 bridgehead atoms. The first-order valence-electron chi connectivity index (χ1n) is 11.9. The first kappa shape index (κ1) is 20.5. The van der Waals surface area contributed by atoms with Crippen LogP contribution in [0.5, 0.6) is 11.5 Å². The molecule has 7 nitrogen and oxygen atoms in total. The number of nitrogens with zero attached hydrogens (tertiary/aromatic N) is 2. The number of hydrogen-bond donors (Lipinski definition) is 0. The molecule has 2 aliphatic carbocycles. The van der Waals surface area contributed by atoms with E-state index in [1.54, 1.807) is 14.2 Å². The molecule has 2 saturated carbocycles. The van der Waals surface area contributed by atoms with Crippen LogP contribution in [0.15, 0.2) is 65.8 Å². The van der Waals surface area contributed by atoms with Crippen molar-refractivity contribution < 1.29 is 23.9 Å². The summed E-state index contributed by atoms with van der Waals surface area (Å²) >= 11 is 0. The number of hydrogen-bond acceptors (Lipinski definition) is 6. The summed E-state index contributed by atoms with van der Waals surface area (Å²) in [5.74, 6) is 0.359. The van der Waals surface area contributed by atoms with Crippen LogP contribution < -0.4 is 14.4 Å². The second kappa shape index (κ2) is 7.31. The molecule has 0 radical (unpaired) electrons. The van der Waals surface area contributed by atoms with Gasteiger partial charge in [0.1, 0.15) is 17.6 Å². The highest BCUT2D eigenvalue weighted by Crippen LogP contribution is 2.62. The zero-order valence-corrected chi connectivity index (χ0v) is 19.4. The molecule has 0 aromatic heterocycles. The maximum absolute atomic E-state index is 13.7. The molecule has 1 saturated heterocycles. The minimum Gasteiger partial charge on any atom is -0.497 e. The topological polar surface area (TPSA) is 77.4 Å². The fourth-order valence-electron chi connectivity index (χ4n) is 6.93. The lowest BCUT2D eigenvalue weighted by molar-refractivity contribution is -0.125. The minimum atomic E-state index is -0.354. The molecule has 35 heavy (non-hydrogen) atoms. The largest absolute Gasteiger partial charge is 0.497 e. The molecule has 2 aliphatic heterocycles. The number of methoxy groups -OCH3 is 2. The Morgan fingerprint density at radius 1 is 0.857 bits per heavy atom. The number of oxime groups is 1. The Morgan fingerprint density at radius 2 is 1.63 bits per heavy atom. The van der Waals surface area contributed by atoms with Crippen LogP contribution in [0.1, 0.15) is 12.0 Å². The van der Waals surface area contributed by atoms with Crippen molar-refractivity contribution in [2.24, 2.45) is 34.7 Å². The summed E-state index contributed by atoms with van der Waals surface area (Å²) in [5, 5.41) is 6.53. The number of carbonyl (C=O) groups is 2. The maximum Gasteiger partial charge on any atom is 0.238 e. The molecular formula is C28H24N2O5.